The lowest BCUT2D eigenvalue weighted by molar-refractivity contribution is -0.149. The van der Waals surface area contributed by atoms with Crippen molar-refractivity contribution < 1.29 is 26.9 Å². The molecule has 0 spiro atoms. The van der Waals surface area contributed by atoms with Gasteiger partial charge in [-0.3, -0.25) is 4.55 Å². The number of carbonyl (C=O) groups excluding carboxylic acids is 1. The van der Waals surface area contributed by atoms with Gasteiger partial charge in [0.15, 0.2) is 0 Å². The van der Waals surface area contributed by atoms with E-state index < -0.39 is 27.5 Å². The highest BCUT2D eigenvalue weighted by Gasteiger charge is 2.51. The highest BCUT2D eigenvalue weighted by Crippen LogP contribution is 2.26. The molecule has 0 aliphatic rings. The van der Waals surface area contributed by atoms with Crippen LogP contribution in [0.3, 0.4) is 0 Å². The van der Waals surface area contributed by atoms with Gasteiger partial charge in [-0.25, -0.2) is 9.18 Å². The van der Waals surface area contributed by atoms with Crippen LogP contribution < -0.4 is 0 Å². The number of carbonyl (C=O) groups is 1. The Morgan fingerprint density at radius 2 is 2.08 bits per heavy atom. The van der Waals surface area contributed by atoms with Crippen molar-refractivity contribution in [3.63, 3.8) is 0 Å². The van der Waals surface area contributed by atoms with E-state index in [2.05, 4.69) is 4.74 Å². The summed E-state index contributed by atoms with van der Waals surface area (Å²) in [5, 5.41) is -3.34. The van der Waals surface area contributed by atoms with Gasteiger partial charge in [0.05, 0.1) is 7.11 Å². The third-order valence-electron chi connectivity index (χ3n) is 1.47. The van der Waals surface area contributed by atoms with Crippen LogP contribution in [-0.4, -0.2) is 31.1 Å². The minimum Gasteiger partial charge on any atom is -0.466 e. The van der Waals surface area contributed by atoms with Gasteiger partial charge in [-0.05, 0) is 0 Å². The van der Waals surface area contributed by atoms with Crippen molar-refractivity contribution in [3.8, 4) is 0 Å². The monoisotopic (exact) mass is 214 g/mol. The maximum atomic E-state index is 13.4. The lowest BCUT2D eigenvalue weighted by Crippen LogP contribution is -2.42. The first kappa shape index (κ1) is 12.3. The van der Waals surface area contributed by atoms with Gasteiger partial charge in [0.1, 0.15) is 0 Å². The maximum absolute atomic E-state index is 13.4. The molecule has 0 radical (unpaired) electrons. The Labute approximate surface area is 75.6 Å². The van der Waals surface area contributed by atoms with Crippen molar-refractivity contribution in [1.82, 2.24) is 0 Å². The minimum atomic E-state index is -5.08. The fourth-order valence-corrected chi connectivity index (χ4v) is 1.57. The van der Waals surface area contributed by atoms with E-state index in [9.17, 15) is 17.6 Å². The Bertz CT molecular complexity index is 285. The topological polar surface area (TPSA) is 80.7 Å². The number of rotatable bonds is 4. The third-order valence-corrected chi connectivity index (χ3v) is 2.66. The SMILES string of the molecule is CCCC(F)(C(=O)OC)S(=O)(=O)O. The summed E-state index contributed by atoms with van der Waals surface area (Å²) in [7, 11) is -4.23. The Morgan fingerprint density at radius 1 is 1.62 bits per heavy atom. The third kappa shape index (κ3) is 2.38. The van der Waals surface area contributed by atoms with Crippen LogP contribution in [0.1, 0.15) is 19.8 Å². The largest absolute Gasteiger partial charge is 0.466 e. The second kappa shape index (κ2) is 4.01. The molecule has 0 aromatic rings. The average Bonchev–Trinajstić information content (AvgIpc) is 2.01. The Kier molecular flexibility index (Phi) is 3.80. The quantitative estimate of drug-likeness (QED) is 0.544. The van der Waals surface area contributed by atoms with E-state index in [1.807, 2.05) is 0 Å². The Balaban J connectivity index is 5.08. The molecule has 0 aromatic heterocycles. The fourth-order valence-electron chi connectivity index (χ4n) is 0.810. The van der Waals surface area contributed by atoms with E-state index in [0.29, 0.717) is 0 Å². The highest BCUT2D eigenvalue weighted by atomic mass is 32.2. The number of esters is 1. The van der Waals surface area contributed by atoms with Gasteiger partial charge < -0.3 is 4.74 Å². The Hall–Kier alpha value is -0.690. The first-order valence-electron chi connectivity index (χ1n) is 3.54. The van der Waals surface area contributed by atoms with Crippen molar-refractivity contribution in [3.05, 3.63) is 0 Å². The van der Waals surface area contributed by atoms with Crippen molar-refractivity contribution >= 4 is 16.1 Å². The van der Waals surface area contributed by atoms with E-state index in [0.717, 1.165) is 7.11 Å². The van der Waals surface area contributed by atoms with Crippen LogP contribution in [0.5, 0.6) is 0 Å². The van der Waals surface area contributed by atoms with Crippen LogP contribution in [0.4, 0.5) is 4.39 Å². The second-order valence-electron chi connectivity index (χ2n) is 2.45. The molecule has 7 heteroatoms. The molecule has 0 aromatic carbocycles. The van der Waals surface area contributed by atoms with Crippen LogP contribution in [0.15, 0.2) is 0 Å². The van der Waals surface area contributed by atoms with Gasteiger partial charge in [0.2, 0.25) is 0 Å². The zero-order valence-corrected chi connectivity index (χ0v) is 8.10. The standard InChI is InChI=1S/C6H11FO5S/c1-3-4-6(7,5(8)12-2)13(9,10)11/h3-4H2,1-2H3,(H,9,10,11). The molecule has 0 fully saturated rings. The van der Waals surface area contributed by atoms with E-state index >= 15 is 0 Å². The lowest BCUT2D eigenvalue weighted by Gasteiger charge is -2.17. The first-order chi connectivity index (χ1) is 5.79. The summed E-state index contributed by atoms with van der Waals surface area (Å²) in [6.07, 6.45) is -0.538. The predicted octanol–water partition coefficient (Wildman–Crippen LogP) is 0.513. The predicted molar refractivity (Wildman–Crippen MR) is 42.3 cm³/mol. The summed E-state index contributed by atoms with van der Waals surface area (Å²) in [5.41, 5.74) is 0. The average molecular weight is 214 g/mol. The van der Waals surface area contributed by atoms with Gasteiger partial charge in [0.25, 0.3) is 0 Å². The molecule has 0 heterocycles. The highest BCUT2D eigenvalue weighted by molar-refractivity contribution is 7.87. The van der Waals surface area contributed by atoms with Crippen LogP contribution in [-0.2, 0) is 19.6 Å². The smallest absolute Gasteiger partial charge is 0.362 e. The summed E-state index contributed by atoms with van der Waals surface area (Å²) >= 11 is 0. The van der Waals surface area contributed by atoms with Crippen molar-refractivity contribution in [2.24, 2.45) is 0 Å². The summed E-state index contributed by atoms with van der Waals surface area (Å²) in [5.74, 6) is -1.60. The first-order valence-corrected chi connectivity index (χ1v) is 4.98. The molecule has 0 saturated carbocycles. The van der Waals surface area contributed by atoms with E-state index in [1.165, 1.54) is 6.92 Å². The molecule has 13 heavy (non-hydrogen) atoms. The summed E-state index contributed by atoms with van der Waals surface area (Å²) < 4.78 is 46.8. The van der Waals surface area contributed by atoms with Crippen LogP contribution in [0.25, 0.3) is 0 Å². The molecule has 0 rings (SSSR count). The summed E-state index contributed by atoms with van der Waals surface area (Å²) in [6.45, 7) is 1.47. The normalized spacial score (nSPS) is 16.3. The number of hydrogen-bond donors (Lipinski definition) is 1. The van der Waals surface area contributed by atoms with Crippen LogP contribution in [0.2, 0.25) is 0 Å². The second-order valence-corrected chi connectivity index (χ2v) is 4.04. The number of methoxy groups -OCH3 is 1. The van der Waals surface area contributed by atoms with Crippen molar-refractivity contribution in [2.75, 3.05) is 7.11 Å². The van der Waals surface area contributed by atoms with Gasteiger partial charge >= 0.3 is 21.1 Å². The molecule has 78 valence electrons. The van der Waals surface area contributed by atoms with Gasteiger partial charge in [0, 0.05) is 6.42 Å². The van der Waals surface area contributed by atoms with Crippen molar-refractivity contribution in [2.45, 2.75) is 24.8 Å². The molecule has 1 unspecified atom stereocenters. The number of ether oxygens (including phenoxy) is 1. The Morgan fingerprint density at radius 3 is 2.31 bits per heavy atom. The maximum Gasteiger partial charge on any atom is 0.362 e. The van der Waals surface area contributed by atoms with Gasteiger partial charge in [-0.1, -0.05) is 13.3 Å². The minimum absolute atomic E-state index is 0.0887. The van der Waals surface area contributed by atoms with Gasteiger partial charge in [-0.2, -0.15) is 8.42 Å². The van der Waals surface area contributed by atoms with E-state index in [-0.39, 0.29) is 6.42 Å². The van der Waals surface area contributed by atoms with Crippen LogP contribution >= 0.6 is 0 Å². The lowest BCUT2D eigenvalue weighted by atomic mass is 10.2. The fraction of sp³-hybridized carbons (Fsp3) is 0.833. The molecular weight excluding hydrogens is 203 g/mol. The zero-order valence-electron chi connectivity index (χ0n) is 7.28. The van der Waals surface area contributed by atoms with E-state index in [4.69, 9.17) is 4.55 Å². The van der Waals surface area contributed by atoms with E-state index in [1.54, 1.807) is 0 Å². The molecule has 1 N–H and O–H groups in total. The molecule has 0 aliphatic carbocycles. The number of alkyl halides is 1. The van der Waals surface area contributed by atoms with Crippen LogP contribution in [0, 0.1) is 0 Å². The molecular formula is C6H11FO5S. The molecule has 0 aliphatic heterocycles. The zero-order chi connectivity index (χ0) is 10.7. The summed E-state index contributed by atoms with van der Waals surface area (Å²) in [4.78, 5) is 10.7. The number of hydrogen-bond acceptors (Lipinski definition) is 4. The van der Waals surface area contributed by atoms with Crippen molar-refractivity contribution in [1.29, 1.82) is 0 Å². The molecule has 0 amide bonds. The number of halogens is 1. The molecule has 0 bridgehead atoms. The molecule has 1 atom stereocenters. The molecule has 0 saturated heterocycles. The van der Waals surface area contributed by atoms with Gasteiger partial charge in [-0.15, -0.1) is 0 Å². The molecule has 5 nitrogen and oxygen atoms in total. The summed E-state index contributed by atoms with van der Waals surface area (Å²) in [6, 6.07) is 0.